The second kappa shape index (κ2) is 3.69. The van der Waals surface area contributed by atoms with Crippen molar-refractivity contribution in [2.75, 3.05) is 12.3 Å². The molecule has 14 heavy (non-hydrogen) atoms. The zero-order chi connectivity index (χ0) is 10.2. The van der Waals surface area contributed by atoms with Gasteiger partial charge in [-0.15, -0.1) is 0 Å². The fraction of sp³-hybridized carbons (Fsp3) is 1.00. The number of rotatable bonds is 2. The topological polar surface area (TPSA) is 46.2 Å². The van der Waals surface area contributed by atoms with Gasteiger partial charge in [-0.1, -0.05) is 6.42 Å². The van der Waals surface area contributed by atoms with Crippen LogP contribution < -0.4 is 5.73 Å². The van der Waals surface area contributed by atoms with Crippen molar-refractivity contribution in [2.45, 2.75) is 49.4 Å². The van der Waals surface area contributed by atoms with Gasteiger partial charge >= 0.3 is 0 Å². The van der Waals surface area contributed by atoms with Crippen molar-refractivity contribution in [3.05, 3.63) is 0 Å². The average molecular weight is 215 g/mol. The van der Waals surface area contributed by atoms with Crippen molar-refractivity contribution in [2.24, 2.45) is 11.7 Å². The standard InChI is InChI=1S/C11H21NOS/c1-10(13)5-2-4-9(10)11(8-12)6-3-7-14-11/h9,13H,2-8,12H2,1H3. The minimum Gasteiger partial charge on any atom is -0.390 e. The summed E-state index contributed by atoms with van der Waals surface area (Å²) in [5.41, 5.74) is 5.48. The van der Waals surface area contributed by atoms with Crippen molar-refractivity contribution in [1.82, 2.24) is 0 Å². The van der Waals surface area contributed by atoms with E-state index in [1.165, 1.54) is 25.0 Å². The normalized spacial score (nSPS) is 48.6. The largest absolute Gasteiger partial charge is 0.390 e. The number of nitrogens with two attached hydrogens (primary N) is 1. The van der Waals surface area contributed by atoms with Gasteiger partial charge in [-0.25, -0.2) is 0 Å². The van der Waals surface area contributed by atoms with Gasteiger partial charge in [0.15, 0.2) is 0 Å². The lowest BCUT2D eigenvalue weighted by atomic mass is 9.79. The molecule has 82 valence electrons. The van der Waals surface area contributed by atoms with Gasteiger partial charge in [0, 0.05) is 17.2 Å². The van der Waals surface area contributed by atoms with Crippen molar-refractivity contribution in [1.29, 1.82) is 0 Å². The first-order chi connectivity index (χ1) is 6.61. The highest BCUT2D eigenvalue weighted by molar-refractivity contribution is 8.00. The minimum atomic E-state index is -0.462. The Morgan fingerprint density at radius 2 is 2.21 bits per heavy atom. The molecule has 2 fully saturated rings. The van der Waals surface area contributed by atoms with Crippen molar-refractivity contribution >= 4 is 11.8 Å². The van der Waals surface area contributed by atoms with Gasteiger partial charge in [0.2, 0.25) is 0 Å². The molecule has 1 heterocycles. The van der Waals surface area contributed by atoms with E-state index < -0.39 is 5.60 Å². The maximum atomic E-state index is 10.3. The van der Waals surface area contributed by atoms with Crippen LogP contribution in [0.2, 0.25) is 0 Å². The highest BCUT2D eigenvalue weighted by Crippen LogP contribution is 2.52. The number of aliphatic hydroxyl groups is 1. The van der Waals surface area contributed by atoms with Crippen LogP contribution in [-0.2, 0) is 0 Å². The summed E-state index contributed by atoms with van der Waals surface area (Å²) in [6, 6.07) is 0. The van der Waals surface area contributed by atoms with E-state index in [0.717, 1.165) is 19.4 Å². The van der Waals surface area contributed by atoms with Crippen LogP contribution in [0, 0.1) is 5.92 Å². The third-order valence-electron chi connectivity index (χ3n) is 4.04. The Labute approximate surface area is 90.6 Å². The van der Waals surface area contributed by atoms with E-state index in [4.69, 9.17) is 5.73 Å². The molecule has 1 saturated carbocycles. The third-order valence-corrected chi connectivity index (χ3v) is 5.76. The summed E-state index contributed by atoms with van der Waals surface area (Å²) >= 11 is 2.00. The molecule has 0 spiro atoms. The van der Waals surface area contributed by atoms with Crippen LogP contribution in [0.4, 0.5) is 0 Å². The highest BCUT2D eigenvalue weighted by atomic mass is 32.2. The van der Waals surface area contributed by atoms with Crippen LogP contribution in [0.3, 0.4) is 0 Å². The Morgan fingerprint density at radius 3 is 2.64 bits per heavy atom. The van der Waals surface area contributed by atoms with Crippen LogP contribution in [0.25, 0.3) is 0 Å². The maximum Gasteiger partial charge on any atom is 0.0661 e. The van der Waals surface area contributed by atoms with E-state index in [1.807, 2.05) is 18.7 Å². The summed E-state index contributed by atoms with van der Waals surface area (Å²) in [6.45, 7) is 2.74. The molecule has 1 saturated heterocycles. The predicted octanol–water partition coefficient (Wildman–Crippen LogP) is 1.76. The van der Waals surface area contributed by atoms with E-state index >= 15 is 0 Å². The van der Waals surface area contributed by atoms with E-state index in [1.54, 1.807) is 0 Å². The van der Waals surface area contributed by atoms with Gasteiger partial charge < -0.3 is 10.8 Å². The summed E-state index contributed by atoms with van der Waals surface area (Å²) in [4.78, 5) is 0. The number of hydrogen-bond acceptors (Lipinski definition) is 3. The van der Waals surface area contributed by atoms with Crippen LogP contribution in [-0.4, -0.2) is 27.8 Å². The minimum absolute atomic E-state index is 0.194. The number of thioether (sulfide) groups is 1. The molecular formula is C11H21NOS. The summed E-state index contributed by atoms with van der Waals surface area (Å²) in [6.07, 6.45) is 5.76. The Morgan fingerprint density at radius 1 is 1.43 bits per heavy atom. The molecule has 1 aliphatic carbocycles. The van der Waals surface area contributed by atoms with Crippen LogP contribution in [0.15, 0.2) is 0 Å². The van der Waals surface area contributed by atoms with E-state index in [2.05, 4.69) is 0 Å². The molecule has 0 aromatic heterocycles. The van der Waals surface area contributed by atoms with Crippen LogP contribution in [0.1, 0.15) is 39.0 Å². The molecule has 2 aliphatic rings. The lowest BCUT2D eigenvalue weighted by Gasteiger charge is -2.40. The third kappa shape index (κ3) is 1.59. The van der Waals surface area contributed by atoms with Gasteiger partial charge in [-0.05, 0) is 38.4 Å². The Hall–Kier alpha value is 0.270. The molecule has 2 nitrogen and oxygen atoms in total. The number of hydrogen-bond donors (Lipinski definition) is 2. The Kier molecular flexibility index (Phi) is 2.84. The Bertz CT molecular complexity index is 211. The first-order valence-corrected chi connectivity index (χ1v) is 6.66. The van der Waals surface area contributed by atoms with Gasteiger partial charge in [0.25, 0.3) is 0 Å². The summed E-state index contributed by atoms with van der Waals surface area (Å²) in [5.74, 6) is 1.65. The molecule has 3 heteroatoms. The predicted molar refractivity (Wildman–Crippen MR) is 61.4 cm³/mol. The van der Waals surface area contributed by atoms with Gasteiger partial charge in [0.1, 0.15) is 0 Å². The van der Waals surface area contributed by atoms with Crippen LogP contribution >= 0.6 is 11.8 Å². The summed E-state index contributed by atoms with van der Waals surface area (Å²) < 4.78 is 0.194. The first kappa shape index (κ1) is 10.8. The van der Waals surface area contributed by atoms with Crippen LogP contribution in [0.5, 0.6) is 0 Å². The maximum absolute atomic E-state index is 10.3. The molecular weight excluding hydrogens is 194 g/mol. The highest BCUT2D eigenvalue weighted by Gasteiger charge is 2.51. The smallest absolute Gasteiger partial charge is 0.0661 e. The molecule has 0 aromatic carbocycles. The van der Waals surface area contributed by atoms with Gasteiger partial charge in [-0.2, -0.15) is 11.8 Å². The molecule has 1 aliphatic heterocycles. The Balaban J connectivity index is 2.19. The molecule has 0 bridgehead atoms. The van der Waals surface area contributed by atoms with Gasteiger partial charge in [-0.3, -0.25) is 0 Å². The second-order valence-corrected chi connectivity index (χ2v) is 6.53. The van der Waals surface area contributed by atoms with E-state index in [0.29, 0.717) is 5.92 Å². The van der Waals surface area contributed by atoms with Crippen molar-refractivity contribution in [3.8, 4) is 0 Å². The quantitative estimate of drug-likeness (QED) is 0.738. The molecule has 2 rings (SSSR count). The zero-order valence-electron chi connectivity index (χ0n) is 8.96. The molecule has 3 atom stereocenters. The van der Waals surface area contributed by atoms with Crippen molar-refractivity contribution < 1.29 is 5.11 Å². The monoisotopic (exact) mass is 215 g/mol. The molecule has 3 unspecified atom stereocenters. The SMILES string of the molecule is CC1(O)CCCC1C1(CN)CCCS1. The molecule has 0 aromatic rings. The average Bonchev–Trinajstić information content (AvgIpc) is 2.71. The lowest BCUT2D eigenvalue weighted by molar-refractivity contribution is 0.00551. The summed E-state index contributed by atoms with van der Waals surface area (Å²) in [7, 11) is 0. The summed E-state index contributed by atoms with van der Waals surface area (Å²) in [5, 5.41) is 10.3. The zero-order valence-corrected chi connectivity index (χ0v) is 9.78. The van der Waals surface area contributed by atoms with E-state index in [9.17, 15) is 5.11 Å². The van der Waals surface area contributed by atoms with Crippen molar-refractivity contribution in [3.63, 3.8) is 0 Å². The first-order valence-electron chi connectivity index (χ1n) is 5.67. The lowest BCUT2D eigenvalue weighted by Crippen LogP contribution is -2.48. The van der Waals surface area contributed by atoms with Gasteiger partial charge in [0.05, 0.1) is 5.60 Å². The molecule has 0 amide bonds. The van der Waals surface area contributed by atoms with E-state index in [-0.39, 0.29) is 4.75 Å². The molecule has 0 radical (unpaired) electrons. The molecule has 3 N–H and O–H groups in total. The fourth-order valence-corrected chi connectivity index (χ4v) is 4.95. The second-order valence-electron chi connectivity index (χ2n) is 5.02. The fourth-order valence-electron chi connectivity index (χ4n) is 3.28.